The average molecular weight is 530 g/mol. The molecule has 1 fully saturated rings. The maximum atomic E-state index is 13.1. The molecule has 2 aromatic rings. The minimum Gasteiger partial charge on any atom is -0.507 e. The number of hydrogen-bond donors (Lipinski definition) is 2. The molecular weight excluding hydrogens is 498 g/mol. The number of carbonyl (C=O) groups excluding carboxylic acids is 1. The summed E-state index contributed by atoms with van der Waals surface area (Å²) in [5.41, 5.74) is 0.732. The topological polar surface area (TPSA) is 96.3 Å². The van der Waals surface area contributed by atoms with Gasteiger partial charge in [0.15, 0.2) is 15.8 Å². The molecule has 7 nitrogen and oxygen atoms in total. The molecule has 9 heteroatoms. The van der Waals surface area contributed by atoms with E-state index in [2.05, 4.69) is 6.92 Å². The molecule has 0 saturated carbocycles. The normalized spacial score (nSPS) is 14.5. The van der Waals surface area contributed by atoms with E-state index in [0.717, 1.165) is 30.2 Å². The highest BCUT2D eigenvalue weighted by Gasteiger charge is 2.34. The first-order valence-corrected chi connectivity index (χ1v) is 13.3. The molecule has 0 aliphatic carbocycles. The van der Waals surface area contributed by atoms with Gasteiger partial charge in [-0.05, 0) is 55.3 Å². The molecule has 192 valence electrons. The van der Waals surface area contributed by atoms with Gasteiger partial charge in [-0.3, -0.25) is 9.69 Å². The number of carboxylic acid groups (broad SMARTS) is 1. The Hall–Kier alpha value is -3.04. The predicted octanol–water partition coefficient (Wildman–Crippen LogP) is 6.63. The molecule has 1 amide bonds. The van der Waals surface area contributed by atoms with Gasteiger partial charge in [0.25, 0.3) is 5.91 Å². The highest BCUT2D eigenvalue weighted by atomic mass is 32.2. The van der Waals surface area contributed by atoms with Crippen LogP contribution in [0.4, 0.5) is 5.69 Å². The molecule has 36 heavy (non-hydrogen) atoms. The van der Waals surface area contributed by atoms with E-state index in [-0.39, 0.29) is 27.2 Å². The molecular formula is C27H31NO6S2. The third-order valence-electron chi connectivity index (χ3n) is 5.58. The first-order valence-electron chi connectivity index (χ1n) is 12.1. The number of aromatic carboxylic acids is 1. The van der Waals surface area contributed by atoms with Crippen molar-refractivity contribution in [2.45, 2.75) is 52.4 Å². The number of anilines is 1. The van der Waals surface area contributed by atoms with E-state index in [1.165, 1.54) is 48.8 Å². The summed E-state index contributed by atoms with van der Waals surface area (Å²) >= 11 is 6.51. The van der Waals surface area contributed by atoms with Crippen LogP contribution < -0.4 is 14.4 Å². The Morgan fingerprint density at radius 1 is 1.03 bits per heavy atom. The van der Waals surface area contributed by atoms with Crippen LogP contribution in [0.25, 0.3) is 6.08 Å². The highest BCUT2D eigenvalue weighted by molar-refractivity contribution is 8.27. The van der Waals surface area contributed by atoms with E-state index in [0.29, 0.717) is 29.6 Å². The number of rotatable bonds is 13. The number of carboxylic acids is 1. The van der Waals surface area contributed by atoms with Crippen molar-refractivity contribution in [1.29, 1.82) is 0 Å². The monoisotopic (exact) mass is 529 g/mol. The quantitative estimate of drug-likeness (QED) is 0.169. The zero-order valence-corrected chi connectivity index (χ0v) is 22.1. The van der Waals surface area contributed by atoms with Crippen molar-refractivity contribution in [2.75, 3.05) is 18.1 Å². The Kier molecular flexibility index (Phi) is 10.2. The van der Waals surface area contributed by atoms with Gasteiger partial charge in [0, 0.05) is 0 Å². The van der Waals surface area contributed by atoms with Gasteiger partial charge in [-0.15, -0.1) is 0 Å². The maximum absolute atomic E-state index is 13.1. The number of benzene rings is 2. The minimum absolute atomic E-state index is 0.275. The van der Waals surface area contributed by atoms with Crippen LogP contribution in [0.1, 0.15) is 68.3 Å². The second-order valence-electron chi connectivity index (χ2n) is 8.28. The third-order valence-corrected chi connectivity index (χ3v) is 6.89. The molecule has 1 heterocycles. The SMILES string of the molecule is CCCCCCCCOc1ccc(/C=C2/SC(=S)N(c3ccc(O)c(C(=O)O)c3)C2=O)cc1OCC. The van der Waals surface area contributed by atoms with Crippen LogP contribution >= 0.6 is 24.0 Å². The fraction of sp³-hybridized carbons (Fsp3) is 0.370. The lowest BCUT2D eigenvalue weighted by Crippen LogP contribution is -2.27. The Bertz CT molecular complexity index is 1150. The summed E-state index contributed by atoms with van der Waals surface area (Å²) in [6.07, 6.45) is 8.82. The standard InChI is InChI=1S/C27H31NO6S2/c1-3-5-6-7-8-9-14-34-22-13-10-18(15-23(22)33-4-2)16-24-25(30)28(27(35)36-24)19-11-12-21(29)20(17-19)26(31)32/h10-13,15-17,29H,3-9,14H2,1-2H3,(H,31,32)/b24-16+. The fourth-order valence-corrected chi connectivity index (χ4v) is 5.04. The molecule has 2 aromatic carbocycles. The average Bonchev–Trinajstić information content (AvgIpc) is 3.12. The molecule has 1 saturated heterocycles. The Balaban J connectivity index is 1.73. The summed E-state index contributed by atoms with van der Waals surface area (Å²) in [6.45, 7) is 5.20. The lowest BCUT2D eigenvalue weighted by molar-refractivity contribution is -0.113. The van der Waals surface area contributed by atoms with E-state index >= 15 is 0 Å². The molecule has 0 radical (unpaired) electrons. The van der Waals surface area contributed by atoms with Crippen LogP contribution in [0.2, 0.25) is 0 Å². The van der Waals surface area contributed by atoms with Crippen molar-refractivity contribution in [2.24, 2.45) is 0 Å². The van der Waals surface area contributed by atoms with Crippen molar-refractivity contribution in [3.8, 4) is 17.2 Å². The van der Waals surface area contributed by atoms with Gasteiger partial charge in [0.05, 0.1) is 23.8 Å². The van der Waals surface area contributed by atoms with Gasteiger partial charge in [-0.1, -0.05) is 69.1 Å². The Morgan fingerprint density at radius 2 is 1.78 bits per heavy atom. The minimum atomic E-state index is -1.29. The van der Waals surface area contributed by atoms with Crippen LogP contribution in [0.5, 0.6) is 17.2 Å². The van der Waals surface area contributed by atoms with Gasteiger partial charge < -0.3 is 19.7 Å². The van der Waals surface area contributed by atoms with Crippen molar-refractivity contribution in [3.63, 3.8) is 0 Å². The molecule has 3 rings (SSSR count). The summed E-state index contributed by atoms with van der Waals surface area (Å²) < 4.78 is 12.0. The van der Waals surface area contributed by atoms with Crippen LogP contribution in [0, 0.1) is 0 Å². The lowest BCUT2D eigenvalue weighted by Gasteiger charge is -2.15. The summed E-state index contributed by atoms with van der Waals surface area (Å²) in [4.78, 5) is 26.1. The van der Waals surface area contributed by atoms with E-state index < -0.39 is 5.97 Å². The van der Waals surface area contributed by atoms with Crippen LogP contribution in [-0.2, 0) is 4.79 Å². The molecule has 0 aromatic heterocycles. The maximum Gasteiger partial charge on any atom is 0.339 e. The van der Waals surface area contributed by atoms with Crippen LogP contribution in [0.3, 0.4) is 0 Å². The number of phenols is 1. The van der Waals surface area contributed by atoms with Crippen LogP contribution in [-0.4, -0.2) is 39.6 Å². The van der Waals surface area contributed by atoms with Crippen LogP contribution in [0.15, 0.2) is 41.3 Å². The zero-order chi connectivity index (χ0) is 26.1. The van der Waals surface area contributed by atoms with Gasteiger partial charge in [0.2, 0.25) is 0 Å². The van der Waals surface area contributed by atoms with Gasteiger partial charge in [-0.2, -0.15) is 0 Å². The molecule has 0 unspecified atom stereocenters. The van der Waals surface area contributed by atoms with E-state index in [1.807, 2.05) is 25.1 Å². The van der Waals surface area contributed by atoms with E-state index in [9.17, 15) is 19.8 Å². The molecule has 0 bridgehead atoms. The highest BCUT2D eigenvalue weighted by Crippen LogP contribution is 2.38. The molecule has 2 N–H and O–H groups in total. The van der Waals surface area contributed by atoms with Gasteiger partial charge in [-0.25, -0.2) is 4.79 Å². The second-order valence-corrected chi connectivity index (χ2v) is 9.95. The molecule has 0 spiro atoms. The predicted molar refractivity (Wildman–Crippen MR) is 147 cm³/mol. The van der Waals surface area contributed by atoms with Gasteiger partial charge in [0.1, 0.15) is 11.3 Å². The lowest BCUT2D eigenvalue weighted by atomic mass is 10.1. The number of amides is 1. The number of unbranched alkanes of at least 4 members (excludes halogenated alkanes) is 5. The van der Waals surface area contributed by atoms with Crippen molar-refractivity contribution in [3.05, 3.63) is 52.4 Å². The van der Waals surface area contributed by atoms with E-state index in [4.69, 9.17) is 21.7 Å². The molecule has 0 atom stereocenters. The summed E-state index contributed by atoms with van der Waals surface area (Å²) in [5, 5.41) is 19.1. The molecule has 1 aliphatic rings. The largest absolute Gasteiger partial charge is 0.507 e. The fourth-order valence-electron chi connectivity index (χ4n) is 3.74. The number of thiocarbonyl (C=S) groups is 1. The van der Waals surface area contributed by atoms with Crippen molar-refractivity contribution in [1.82, 2.24) is 0 Å². The number of carbonyl (C=O) groups is 2. The zero-order valence-electron chi connectivity index (χ0n) is 20.5. The number of aromatic hydroxyl groups is 1. The second kappa shape index (κ2) is 13.3. The number of hydrogen-bond acceptors (Lipinski definition) is 7. The number of thioether (sulfide) groups is 1. The first kappa shape index (κ1) is 27.5. The Labute approximate surface area is 221 Å². The molecule has 1 aliphatic heterocycles. The number of nitrogens with zero attached hydrogens (tertiary/aromatic N) is 1. The van der Waals surface area contributed by atoms with Crippen molar-refractivity contribution < 1.29 is 29.3 Å². The van der Waals surface area contributed by atoms with Gasteiger partial charge >= 0.3 is 5.97 Å². The smallest absolute Gasteiger partial charge is 0.339 e. The summed E-state index contributed by atoms with van der Waals surface area (Å²) in [6, 6.07) is 9.45. The summed E-state index contributed by atoms with van der Waals surface area (Å²) in [7, 11) is 0. The first-order chi connectivity index (χ1) is 17.3. The third kappa shape index (κ3) is 7.01. The van der Waals surface area contributed by atoms with Crippen molar-refractivity contribution >= 4 is 51.9 Å². The number of ether oxygens (including phenoxy) is 2. The van der Waals surface area contributed by atoms with E-state index in [1.54, 1.807) is 6.08 Å². The summed E-state index contributed by atoms with van der Waals surface area (Å²) in [5.74, 6) is -0.766. The Morgan fingerprint density at radius 3 is 2.50 bits per heavy atom.